The number of nitrogens with two attached hydrogens (primary N) is 1. The number of halogens is 1. The minimum atomic E-state index is -3.80. The lowest BCUT2D eigenvalue weighted by molar-refractivity contribution is 0.414. The van der Waals surface area contributed by atoms with E-state index in [1.165, 1.54) is 25.3 Å². The highest BCUT2D eigenvalue weighted by Gasteiger charge is 2.23. The van der Waals surface area contributed by atoms with E-state index in [1.807, 2.05) is 0 Å². The van der Waals surface area contributed by atoms with Crippen LogP contribution in [0.5, 0.6) is 5.75 Å². The van der Waals surface area contributed by atoms with E-state index < -0.39 is 21.7 Å². The van der Waals surface area contributed by atoms with E-state index in [0.717, 1.165) is 6.07 Å². The van der Waals surface area contributed by atoms with Crippen LogP contribution in [-0.2, 0) is 9.84 Å². The zero-order valence-electron chi connectivity index (χ0n) is 11.5. The molecule has 2 N–H and O–H groups in total. The van der Waals surface area contributed by atoms with Crippen LogP contribution in [0.3, 0.4) is 0 Å². The van der Waals surface area contributed by atoms with Gasteiger partial charge in [0.1, 0.15) is 16.5 Å². The highest BCUT2D eigenvalue weighted by molar-refractivity contribution is 7.91. The largest absolute Gasteiger partial charge is 0.497 e. The van der Waals surface area contributed by atoms with E-state index in [0.29, 0.717) is 11.3 Å². The van der Waals surface area contributed by atoms with E-state index in [9.17, 15) is 12.8 Å². The Morgan fingerprint density at radius 2 is 1.90 bits per heavy atom. The van der Waals surface area contributed by atoms with Gasteiger partial charge in [0.15, 0.2) is 9.84 Å². The van der Waals surface area contributed by atoms with Gasteiger partial charge in [0.2, 0.25) is 0 Å². The number of rotatable bonds is 5. The van der Waals surface area contributed by atoms with Crippen LogP contribution < -0.4 is 10.5 Å². The molecule has 0 fully saturated rings. The zero-order chi connectivity index (χ0) is 15.5. The first kappa shape index (κ1) is 15.5. The maximum atomic E-state index is 13.6. The summed E-state index contributed by atoms with van der Waals surface area (Å²) in [5.74, 6) is -0.553. The third-order valence-electron chi connectivity index (χ3n) is 3.09. The Balaban J connectivity index is 2.26. The number of methoxy groups -OCH3 is 1. The summed E-state index contributed by atoms with van der Waals surface area (Å²) >= 11 is 0. The first-order valence-electron chi connectivity index (χ1n) is 6.31. The van der Waals surface area contributed by atoms with Crippen molar-refractivity contribution < 1.29 is 17.5 Å². The minimum Gasteiger partial charge on any atom is -0.497 e. The Morgan fingerprint density at radius 3 is 2.57 bits per heavy atom. The molecule has 0 aliphatic carbocycles. The first-order valence-corrected chi connectivity index (χ1v) is 7.96. The average Bonchev–Trinajstić information content (AvgIpc) is 2.47. The normalized spacial score (nSPS) is 12.9. The molecule has 0 saturated heterocycles. The van der Waals surface area contributed by atoms with Gasteiger partial charge in [0.05, 0.1) is 12.9 Å². The van der Waals surface area contributed by atoms with E-state index in [4.69, 9.17) is 10.5 Å². The molecule has 0 aromatic heterocycles. The summed E-state index contributed by atoms with van der Waals surface area (Å²) in [7, 11) is -2.28. The second-order valence-corrected chi connectivity index (χ2v) is 6.60. The molecule has 6 heteroatoms. The second kappa shape index (κ2) is 6.24. The molecule has 0 amide bonds. The van der Waals surface area contributed by atoms with E-state index in [1.54, 1.807) is 24.3 Å². The highest BCUT2D eigenvalue weighted by Crippen LogP contribution is 2.22. The lowest BCUT2D eigenvalue weighted by Crippen LogP contribution is -2.22. The van der Waals surface area contributed by atoms with Gasteiger partial charge in [-0.15, -0.1) is 0 Å². The van der Waals surface area contributed by atoms with Gasteiger partial charge < -0.3 is 10.5 Å². The van der Waals surface area contributed by atoms with Crippen molar-refractivity contribution in [1.82, 2.24) is 0 Å². The number of sulfone groups is 1. The summed E-state index contributed by atoms with van der Waals surface area (Å²) in [5, 5.41) is 0. The summed E-state index contributed by atoms with van der Waals surface area (Å²) in [4.78, 5) is -0.330. The molecule has 0 aliphatic heterocycles. The van der Waals surface area contributed by atoms with Crippen molar-refractivity contribution in [3.8, 4) is 5.75 Å². The first-order chi connectivity index (χ1) is 9.94. The third-order valence-corrected chi connectivity index (χ3v) is 4.89. The Labute approximate surface area is 123 Å². The van der Waals surface area contributed by atoms with Crippen molar-refractivity contribution in [2.24, 2.45) is 5.73 Å². The van der Waals surface area contributed by atoms with Gasteiger partial charge in [-0.3, -0.25) is 0 Å². The van der Waals surface area contributed by atoms with E-state index >= 15 is 0 Å². The molecule has 0 saturated carbocycles. The van der Waals surface area contributed by atoms with Crippen molar-refractivity contribution in [2.45, 2.75) is 10.9 Å². The summed E-state index contributed by atoms with van der Waals surface area (Å²) < 4.78 is 43.2. The van der Waals surface area contributed by atoms with Gasteiger partial charge >= 0.3 is 0 Å². The topological polar surface area (TPSA) is 69.4 Å². The smallest absolute Gasteiger partial charge is 0.183 e. The van der Waals surface area contributed by atoms with Gasteiger partial charge in [-0.1, -0.05) is 24.3 Å². The van der Waals surface area contributed by atoms with Crippen LogP contribution in [0, 0.1) is 5.82 Å². The Morgan fingerprint density at radius 1 is 1.19 bits per heavy atom. The lowest BCUT2D eigenvalue weighted by atomic mass is 10.1. The van der Waals surface area contributed by atoms with Crippen LogP contribution in [-0.4, -0.2) is 21.3 Å². The molecule has 1 atom stereocenters. The molecule has 112 valence electrons. The van der Waals surface area contributed by atoms with Crippen molar-refractivity contribution >= 4 is 9.84 Å². The lowest BCUT2D eigenvalue weighted by Gasteiger charge is -2.14. The molecule has 4 nitrogen and oxygen atoms in total. The van der Waals surface area contributed by atoms with Crippen LogP contribution in [0.4, 0.5) is 4.39 Å². The van der Waals surface area contributed by atoms with Crippen molar-refractivity contribution in [3.05, 3.63) is 59.9 Å². The molecular weight excluding hydrogens is 293 g/mol. The molecule has 2 rings (SSSR count). The fourth-order valence-corrected chi connectivity index (χ4v) is 3.49. The van der Waals surface area contributed by atoms with Crippen molar-refractivity contribution in [1.29, 1.82) is 0 Å². The highest BCUT2D eigenvalue weighted by atomic mass is 32.2. The van der Waals surface area contributed by atoms with Crippen LogP contribution >= 0.6 is 0 Å². The van der Waals surface area contributed by atoms with Crippen LogP contribution in [0.1, 0.15) is 11.6 Å². The van der Waals surface area contributed by atoms with Crippen molar-refractivity contribution in [2.75, 3.05) is 12.9 Å². The van der Waals surface area contributed by atoms with Gasteiger partial charge in [0.25, 0.3) is 0 Å². The van der Waals surface area contributed by atoms with Crippen LogP contribution in [0.25, 0.3) is 0 Å². The number of hydrogen-bond acceptors (Lipinski definition) is 4. The van der Waals surface area contributed by atoms with Gasteiger partial charge in [-0.2, -0.15) is 0 Å². The summed E-state index contributed by atoms with van der Waals surface area (Å²) in [5.41, 5.74) is 6.55. The minimum absolute atomic E-state index is 0.330. The monoisotopic (exact) mass is 309 g/mol. The number of hydrogen-bond donors (Lipinski definition) is 1. The van der Waals surface area contributed by atoms with E-state index in [-0.39, 0.29) is 10.6 Å². The summed E-state index contributed by atoms with van der Waals surface area (Å²) in [6, 6.07) is 11.4. The average molecular weight is 309 g/mol. The quantitative estimate of drug-likeness (QED) is 0.920. The molecule has 0 radical (unpaired) electrons. The predicted octanol–water partition coefficient (Wildman–Crippen LogP) is 2.31. The van der Waals surface area contributed by atoms with Crippen molar-refractivity contribution in [3.63, 3.8) is 0 Å². The SMILES string of the molecule is COc1cccc(C(N)CS(=O)(=O)c2ccccc2F)c1. The maximum Gasteiger partial charge on any atom is 0.183 e. The molecule has 0 spiro atoms. The number of benzene rings is 2. The molecule has 0 aliphatic rings. The molecule has 21 heavy (non-hydrogen) atoms. The fraction of sp³-hybridized carbons (Fsp3) is 0.200. The second-order valence-electron chi connectivity index (χ2n) is 4.59. The van der Waals surface area contributed by atoms with Crippen LogP contribution in [0.15, 0.2) is 53.4 Å². The summed E-state index contributed by atoms with van der Waals surface area (Å²) in [6.07, 6.45) is 0. The van der Waals surface area contributed by atoms with E-state index in [2.05, 4.69) is 0 Å². The molecule has 2 aromatic carbocycles. The van der Waals surface area contributed by atoms with Gasteiger partial charge in [-0.25, -0.2) is 12.8 Å². The Hall–Kier alpha value is -1.92. The molecule has 1 unspecified atom stereocenters. The number of ether oxygens (including phenoxy) is 1. The van der Waals surface area contributed by atoms with Gasteiger partial charge in [-0.05, 0) is 29.8 Å². The molecule has 0 heterocycles. The predicted molar refractivity (Wildman–Crippen MR) is 78.4 cm³/mol. The van der Waals surface area contributed by atoms with Crippen LogP contribution in [0.2, 0.25) is 0 Å². The zero-order valence-corrected chi connectivity index (χ0v) is 12.3. The Kier molecular flexibility index (Phi) is 4.59. The molecule has 0 bridgehead atoms. The maximum absolute atomic E-state index is 13.6. The standard InChI is InChI=1S/C15H16FNO3S/c1-20-12-6-4-5-11(9-12)14(17)10-21(18,19)15-8-3-2-7-13(15)16/h2-9,14H,10,17H2,1H3. The Bertz CT molecular complexity index is 731. The molecular formula is C15H16FNO3S. The third kappa shape index (κ3) is 3.59. The van der Waals surface area contributed by atoms with Gasteiger partial charge in [0, 0.05) is 6.04 Å². The molecule has 2 aromatic rings. The fourth-order valence-electron chi connectivity index (χ4n) is 1.99. The summed E-state index contributed by atoms with van der Waals surface area (Å²) in [6.45, 7) is 0.